The summed E-state index contributed by atoms with van der Waals surface area (Å²) in [7, 11) is 0. The van der Waals surface area contributed by atoms with Crippen molar-refractivity contribution < 1.29 is 4.39 Å². The van der Waals surface area contributed by atoms with E-state index in [2.05, 4.69) is 9.97 Å². The van der Waals surface area contributed by atoms with E-state index < -0.39 is 0 Å². The zero-order valence-electron chi connectivity index (χ0n) is 7.87. The smallest absolute Gasteiger partial charge is 0.143 e. The molecule has 0 amide bonds. The van der Waals surface area contributed by atoms with E-state index in [4.69, 9.17) is 11.6 Å². The maximum absolute atomic E-state index is 13.4. The lowest BCUT2D eigenvalue weighted by Gasteiger charge is -2.03. The van der Waals surface area contributed by atoms with Crippen LogP contribution in [0.4, 0.5) is 4.39 Å². The third-order valence-corrected chi connectivity index (χ3v) is 2.86. The number of rotatable bonds is 1. The number of hydrogen-bond acceptors (Lipinski definition) is 2. The van der Waals surface area contributed by atoms with Gasteiger partial charge >= 0.3 is 0 Å². The fraction of sp³-hybridized carbons (Fsp3) is 0.273. The molecule has 0 spiro atoms. The minimum atomic E-state index is -0.361. The molecule has 0 saturated heterocycles. The first kappa shape index (κ1) is 9.04. The average Bonchev–Trinajstić information content (AvgIpc) is 3.00. The molecule has 2 aromatic rings. The molecule has 0 N–H and O–H groups in total. The summed E-state index contributed by atoms with van der Waals surface area (Å²) in [4.78, 5) is 8.46. The van der Waals surface area contributed by atoms with Gasteiger partial charge in [-0.1, -0.05) is 17.7 Å². The molecule has 3 rings (SSSR count). The van der Waals surface area contributed by atoms with Crippen molar-refractivity contribution in [2.24, 2.45) is 0 Å². The van der Waals surface area contributed by atoms with Gasteiger partial charge in [0.05, 0.1) is 10.9 Å². The van der Waals surface area contributed by atoms with E-state index in [1.54, 1.807) is 12.1 Å². The Morgan fingerprint density at radius 2 is 2.07 bits per heavy atom. The maximum Gasteiger partial charge on any atom is 0.143 e. The molecular formula is C11H8ClFN2. The van der Waals surface area contributed by atoms with Crippen LogP contribution in [0.15, 0.2) is 18.2 Å². The van der Waals surface area contributed by atoms with Crippen LogP contribution in [0.2, 0.25) is 5.15 Å². The van der Waals surface area contributed by atoms with Crippen LogP contribution in [0.5, 0.6) is 0 Å². The Morgan fingerprint density at radius 1 is 1.27 bits per heavy atom. The van der Waals surface area contributed by atoms with Gasteiger partial charge in [-0.25, -0.2) is 14.4 Å². The molecule has 0 radical (unpaired) electrons. The van der Waals surface area contributed by atoms with Gasteiger partial charge in [0.15, 0.2) is 0 Å². The molecule has 1 aromatic carbocycles. The van der Waals surface area contributed by atoms with Crippen molar-refractivity contribution in [3.05, 3.63) is 35.0 Å². The first-order valence-electron chi connectivity index (χ1n) is 4.87. The molecule has 1 aromatic heterocycles. The summed E-state index contributed by atoms with van der Waals surface area (Å²) in [6.45, 7) is 0. The first-order valence-corrected chi connectivity index (χ1v) is 5.25. The number of nitrogens with zero attached hydrogens (tertiary/aromatic N) is 2. The van der Waals surface area contributed by atoms with Gasteiger partial charge in [-0.15, -0.1) is 0 Å². The predicted molar refractivity (Wildman–Crippen MR) is 56.5 cm³/mol. The van der Waals surface area contributed by atoms with Gasteiger partial charge in [0.25, 0.3) is 0 Å². The summed E-state index contributed by atoms with van der Waals surface area (Å²) in [5.74, 6) is 0.813. The molecule has 0 bridgehead atoms. The second-order valence-corrected chi connectivity index (χ2v) is 4.14. The zero-order valence-corrected chi connectivity index (χ0v) is 8.63. The molecule has 76 valence electrons. The summed E-state index contributed by atoms with van der Waals surface area (Å²) < 4.78 is 13.4. The molecule has 1 saturated carbocycles. The third kappa shape index (κ3) is 1.47. The van der Waals surface area contributed by atoms with Crippen LogP contribution in [0.25, 0.3) is 10.9 Å². The average molecular weight is 223 g/mol. The van der Waals surface area contributed by atoms with Gasteiger partial charge in [0.1, 0.15) is 16.8 Å². The minimum Gasteiger partial charge on any atom is -0.232 e. The molecule has 1 heterocycles. The summed E-state index contributed by atoms with van der Waals surface area (Å²) >= 11 is 5.95. The highest BCUT2D eigenvalue weighted by molar-refractivity contribution is 6.34. The Balaban J connectivity index is 2.31. The van der Waals surface area contributed by atoms with E-state index >= 15 is 0 Å². The van der Waals surface area contributed by atoms with Crippen LogP contribution in [0, 0.1) is 5.82 Å². The van der Waals surface area contributed by atoms with Crippen molar-refractivity contribution in [1.82, 2.24) is 9.97 Å². The van der Waals surface area contributed by atoms with Crippen molar-refractivity contribution in [3.8, 4) is 0 Å². The van der Waals surface area contributed by atoms with Gasteiger partial charge < -0.3 is 0 Å². The molecule has 0 aliphatic heterocycles. The Hall–Kier alpha value is -1.22. The third-order valence-electron chi connectivity index (χ3n) is 2.59. The molecule has 1 fully saturated rings. The van der Waals surface area contributed by atoms with Crippen molar-refractivity contribution in [2.45, 2.75) is 18.8 Å². The number of benzene rings is 1. The van der Waals surface area contributed by atoms with Gasteiger partial charge in [0, 0.05) is 5.92 Å². The quantitative estimate of drug-likeness (QED) is 0.692. The SMILES string of the molecule is Fc1cccc2nc(C3CC3)nc(Cl)c12. The zero-order chi connectivity index (χ0) is 10.4. The monoisotopic (exact) mass is 222 g/mol. The molecule has 1 aliphatic rings. The number of hydrogen-bond donors (Lipinski definition) is 0. The lowest BCUT2D eigenvalue weighted by atomic mass is 10.2. The number of halogens is 2. The summed E-state index contributed by atoms with van der Waals surface area (Å²) in [6, 6.07) is 4.77. The van der Waals surface area contributed by atoms with Crippen LogP contribution in [-0.4, -0.2) is 9.97 Å². The molecule has 2 nitrogen and oxygen atoms in total. The van der Waals surface area contributed by atoms with E-state index in [0.717, 1.165) is 18.7 Å². The largest absolute Gasteiger partial charge is 0.232 e. The Bertz CT molecular complexity index is 537. The highest BCUT2D eigenvalue weighted by Gasteiger charge is 2.27. The van der Waals surface area contributed by atoms with Crippen molar-refractivity contribution in [1.29, 1.82) is 0 Å². The topological polar surface area (TPSA) is 25.8 Å². The highest BCUT2D eigenvalue weighted by atomic mass is 35.5. The van der Waals surface area contributed by atoms with Gasteiger partial charge in [-0.2, -0.15) is 0 Å². The second kappa shape index (κ2) is 3.14. The summed E-state index contributed by atoms with van der Waals surface area (Å²) in [5.41, 5.74) is 0.594. The molecule has 0 unspecified atom stereocenters. The fourth-order valence-electron chi connectivity index (χ4n) is 1.64. The summed E-state index contributed by atoms with van der Waals surface area (Å²) in [5, 5.41) is 0.545. The van der Waals surface area contributed by atoms with Crippen molar-refractivity contribution in [3.63, 3.8) is 0 Å². The van der Waals surface area contributed by atoms with E-state index in [9.17, 15) is 4.39 Å². The fourth-order valence-corrected chi connectivity index (χ4v) is 1.91. The number of fused-ring (bicyclic) bond motifs is 1. The lowest BCUT2D eigenvalue weighted by molar-refractivity contribution is 0.639. The molecule has 0 atom stereocenters. The van der Waals surface area contributed by atoms with Crippen molar-refractivity contribution >= 4 is 22.5 Å². The van der Waals surface area contributed by atoms with E-state index in [1.807, 2.05) is 0 Å². The maximum atomic E-state index is 13.4. The van der Waals surface area contributed by atoms with Gasteiger partial charge in [-0.05, 0) is 25.0 Å². The minimum absolute atomic E-state index is 0.222. The predicted octanol–water partition coefficient (Wildman–Crippen LogP) is 3.30. The van der Waals surface area contributed by atoms with Gasteiger partial charge in [-0.3, -0.25) is 0 Å². The molecular weight excluding hydrogens is 215 g/mol. The van der Waals surface area contributed by atoms with E-state index in [1.165, 1.54) is 6.07 Å². The second-order valence-electron chi connectivity index (χ2n) is 3.78. The molecule has 1 aliphatic carbocycles. The molecule has 15 heavy (non-hydrogen) atoms. The lowest BCUT2D eigenvalue weighted by Crippen LogP contribution is -1.95. The standard InChI is InChI=1S/C11H8ClFN2/c12-10-9-7(13)2-1-3-8(9)14-11(15-10)6-4-5-6/h1-3,6H,4-5H2. The van der Waals surface area contributed by atoms with Crippen LogP contribution >= 0.6 is 11.6 Å². The van der Waals surface area contributed by atoms with E-state index in [0.29, 0.717) is 16.8 Å². The van der Waals surface area contributed by atoms with Crippen LogP contribution in [0.1, 0.15) is 24.6 Å². The normalized spacial score (nSPS) is 15.9. The summed E-state index contributed by atoms with van der Waals surface area (Å²) in [6.07, 6.45) is 2.22. The Labute approximate surface area is 91.1 Å². The van der Waals surface area contributed by atoms with E-state index in [-0.39, 0.29) is 11.0 Å². The first-order chi connectivity index (χ1) is 7.25. The van der Waals surface area contributed by atoms with Crippen LogP contribution in [0.3, 0.4) is 0 Å². The Morgan fingerprint density at radius 3 is 2.80 bits per heavy atom. The Kier molecular flexibility index (Phi) is 1.89. The molecule has 4 heteroatoms. The highest BCUT2D eigenvalue weighted by Crippen LogP contribution is 2.39. The van der Waals surface area contributed by atoms with Gasteiger partial charge in [0.2, 0.25) is 0 Å². The van der Waals surface area contributed by atoms with Crippen LogP contribution in [-0.2, 0) is 0 Å². The number of aromatic nitrogens is 2. The van der Waals surface area contributed by atoms with Crippen molar-refractivity contribution in [2.75, 3.05) is 0 Å². The van der Waals surface area contributed by atoms with Crippen LogP contribution < -0.4 is 0 Å².